The molecule has 1 saturated carbocycles. The second-order valence-electron chi connectivity index (χ2n) is 6.96. The molecule has 1 aliphatic carbocycles. The van der Waals surface area contributed by atoms with Gasteiger partial charge < -0.3 is 15.4 Å². The second kappa shape index (κ2) is 14.3. The molecule has 1 aromatic heterocycles. The number of aliphatic hydroxyl groups excluding tert-OH is 1. The first-order valence-corrected chi connectivity index (χ1v) is 10.9. The minimum Gasteiger partial charge on any atom is -0.400 e. The fourth-order valence-electron chi connectivity index (χ4n) is 3.01. The molecule has 1 fully saturated rings. The molecule has 1 heterocycles. The van der Waals surface area contributed by atoms with E-state index in [1.807, 2.05) is 13.8 Å². The second-order valence-corrected chi connectivity index (χ2v) is 6.96. The van der Waals surface area contributed by atoms with Crippen molar-refractivity contribution in [3.8, 4) is 11.3 Å². The molecule has 2 aromatic carbocycles. The van der Waals surface area contributed by atoms with Crippen LogP contribution < -0.4 is 5.32 Å². The van der Waals surface area contributed by atoms with Crippen LogP contribution in [0.3, 0.4) is 0 Å². The smallest absolute Gasteiger partial charge is 0.223 e. The molecule has 32 heavy (non-hydrogen) atoms. The number of nitrogens with one attached hydrogen (secondary N) is 2. The fourth-order valence-corrected chi connectivity index (χ4v) is 3.01. The lowest BCUT2D eigenvalue weighted by Crippen LogP contribution is -2.34. The van der Waals surface area contributed by atoms with Gasteiger partial charge in [-0.15, -0.1) is 0 Å². The van der Waals surface area contributed by atoms with Gasteiger partial charge in [-0.2, -0.15) is 0 Å². The molecule has 3 aromatic rings. The Labute approximate surface area is 187 Å². The monoisotopic (exact) mass is 450 g/mol. The molecular weight excluding hydrogens is 417 g/mol. The summed E-state index contributed by atoms with van der Waals surface area (Å²) < 4.78 is 39.4. The molecule has 0 aliphatic heterocycles. The first-order chi connectivity index (χ1) is 15.5. The lowest BCUT2D eigenvalue weighted by Gasteiger charge is -2.23. The predicted octanol–water partition coefficient (Wildman–Crippen LogP) is 6.20. The molecule has 4 nitrogen and oxygen atoms in total. The van der Waals surface area contributed by atoms with Crippen molar-refractivity contribution in [3.63, 3.8) is 0 Å². The van der Waals surface area contributed by atoms with E-state index in [-0.39, 0.29) is 17.2 Å². The normalized spacial score (nSPS) is 12.2. The summed E-state index contributed by atoms with van der Waals surface area (Å²) >= 11 is 0. The quantitative estimate of drug-likeness (QED) is 0.443. The van der Waals surface area contributed by atoms with Crippen LogP contribution in [0.1, 0.15) is 46.5 Å². The number of aromatic nitrogens is 1. The van der Waals surface area contributed by atoms with Crippen LogP contribution in [0.5, 0.6) is 0 Å². The molecule has 3 N–H and O–H groups in total. The van der Waals surface area contributed by atoms with E-state index in [4.69, 9.17) is 5.11 Å². The van der Waals surface area contributed by atoms with Gasteiger partial charge in [0.15, 0.2) is 0 Å². The molecule has 4 rings (SSSR count). The average Bonchev–Trinajstić information content (AvgIpc) is 3.19. The summed E-state index contributed by atoms with van der Waals surface area (Å²) in [5, 5.41) is 10.3. The van der Waals surface area contributed by atoms with Gasteiger partial charge in [-0.3, -0.25) is 4.79 Å². The Balaban J connectivity index is 0.000000312. The minimum absolute atomic E-state index is 0.246. The van der Waals surface area contributed by atoms with Gasteiger partial charge in [0, 0.05) is 36.7 Å². The lowest BCUT2D eigenvalue weighted by molar-refractivity contribution is -0.127. The van der Waals surface area contributed by atoms with Crippen LogP contribution >= 0.6 is 0 Å². The number of H-pyrrole nitrogens is 1. The number of rotatable bonds is 4. The number of aliphatic hydroxyl groups is 1. The highest BCUT2D eigenvalue weighted by molar-refractivity contribution is 5.86. The van der Waals surface area contributed by atoms with Gasteiger partial charge in [0.2, 0.25) is 5.91 Å². The Kier molecular flexibility index (Phi) is 12.2. The zero-order chi connectivity index (χ0) is 24.1. The first-order valence-electron chi connectivity index (χ1n) is 10.9. The van der Waals surface area contributed by atoms with Gasteiger partial charge in [0.05, 0.1) is 5.52 Å². The summed E-state index contributed by atoms with van der Waals surface area (Å²) in [6, 6.07) is 9.50. The van der Waals surface area contributed by atoms with Crippen LogP contribution in [-0.2, 0) is 4.79 Å². The Morgan fingerprint density at radius 2 is 1.66 bits per heavy atom. The number of benzene rings is 2. The van der Waals surface area contributed by atoms with Crippen molar-refractivity contribution in [1.82, 2.24) is 10.3 Å². The van der Waals surface area contributed by atoms with Gasteiger partial charge in [-0.05, 0) is 61.2 Å². The van der Waals surface area contributed by atoms with Crippen molar-refractivity contribution in [2.75, 3.05) is 13.7 Å². The first kappa shape index (κ1) is 27.2. The summed E-state index contributed by atoms with van der Waals surface area (Å²) in [5.41, 5.74) is 1.58. The highest BCUT2D eigenvalue weighted by Crippen LogP contribution is 2.27. The molecule has 0 spiro atoms. The minimum atomic E-state index is -0.640. The Hall–Kier alpha value is -2.80. The summed E-state index contributed by atoms with van der Waals surface area (Å²) in [7, 11) is 1.00. The van der Waals surface area contributed by atoms with Crippen LogP contribution in [0.15, 0.2) is 42.5 Å². The molecule has 0 atom stereocenters. The van der Waals surface area contributed by atoms with Crippen molar-refractivity contribution >= 4 is 16.8 Å². The van der Waals surface area contributed by atoms with E-state index in [1.54, 1.807) is 18.2 Å². The fraction of sp³-hybridized carbons (Fsp3) is 0.400. The standard InChI is InChI=1S/C14H8F3N.C8H15NO.C2H6.CH4O/c15-10-3-1-8(2-4-10)13-6-9-5-11(16)7-12(17)14(9)18-13;1-2-6-9-8(10)7-4-3-5-7;2*1-2/h1-7,18H;7H,2-6H2,1H3,(H,9,10);1-2H3;2H,1H3. The highest BCUT2D eigenvalue weighted by Gasteiger charge is 2.24. The van der Waals surface area contributed by atoms with Crippen molar-refractivity contribution in [2.24, 2.45) is 5.92 Å². The van der Waals surface area contributed by atoms with Gasteiger partial charge in [0.25, 0.3) is 0 Å². The van der Waals surface area contributed by atoms with E-state index >= 15 is 0 Å². The van der Waals surface area contributed by atoms with E-state index in [0.29, 0.717) is 22.6 Å². The largest absolute Gasteiger partial charge is 0.400 e. The van der Waals surface area contributed by atoms with E-state index < -0.39 is 11.6 Å². The molecule has 0 radical (unpaired) electrons. The van der Waals surface area contributed by atoms with Gasteiger partial charge in [-0.25, -0.2) is 13.2 Å². The zero-order valence-electron chi connectivity index (χ0n) is 19.1. The molecule has 1 aliphatic rings. The van der Waals surface area contributed by atoms with Gasteiger partial charge in [0.1, 0.15) is 17.5 Å². The summed E-state index contributed by atoms with van der Waals surface area (Å²) in [4.78, 5) is 13.9. The highest BCUT2D eigenvalue weighted by atomic mass is 19.1. The Bertz CT molecular complexity index is 952. The van der Waals surface area contributed by atoms with Crippen molar-refractivity contribution < 1.29 is 23.1 Å². The third-order valence-corrected chi connectivity index (χ3v) is 4.83. The number of aromatic amines is 1. The van der Waals surface area contributed by atoms with Crippen molar-refractivity contribution in [1.29, 1.82) is 0 Å². The average molecular weight is 451 g/mol. The molecule has 0 bridgehead atoms. The lowest BCUT2D eigenvalue weighted by atomic mass is 9.85. The van der Waals surface area contributed by atoms with E-state index in [9.17, 15) is 18.0 Å². The summed E-state index contributed by atoms with van der Waals surface area (Å²) in [5.74, 6) is -0.977. The molecule has 176 valence electrons. The third-order valence-electron chi connectivity index (χ3n) is 4.83. The number of fused-ring (bicyclic) bond motifs is 1. The van der Waals surface area contributed by atoms with Crippen LogP contribution in [0, 0.1) is 23.4 Å². The predicted molar refractivity (Wildman–Crippen MR) is 124 cm³/mol. The molecule has 7 heteroatoms. The number of carbonyl (C=O) groups excluding carboxylic acids is 1. The molecular formula is C25H33F3N2O2. The summed E-state index contributed by atoms with van der Waals surface area (Å²) in [6.45, 7) is 6.91. The summed E-state index contributed by atoms with van der Waals surface area (Å²) in [6.07, 6.45) is 4.49. The van der Waals surface area contributed by atoms with Crippen LogP contribution in [0.4, 0.5) is 13.2 Å². The SMILES string of the molecule is CC.CCCNC(=O)C1CCC1.CO.Fc1ccc(-c2cc3cc(F)cc(F)c3[nH]2)cc1. The van der Waals surface area contributed by atoms with Crippen molar-refractivity contribution in [2.45, 2.75) is 46.5 Å². The van der Waals surface area contributed by atoms with Crippen LogP contribution in [-0.4, -0.2) is 29.7 Å². The number of hydrogen-bond donors (Lipinski definition) is 3. The van der Waals surface area contributed by atoms with Crippen molar-refractivity contribution in [3.05, 3.63) is 59.9 Å². The zero-order valence-corrected chi connectivity index (χ0v) is 19.1. The van der Waals surface area contributed by atoms with Gasteiger partial charge in [-0.1, -0.05) is 27.2 Å². The molecule has 0 saturated heterocycles. The maximum Gasteiger partial charge on any atom is 0.223 e. The number of amides is 1. The topological polar surface area (TPSA) is 65.1 Å². The molecule has 1 amide bonds. The van der Waals surface area contributed by atoms with Crippen LogP contribution in [0.25, 0.3) is 22.2 Å². The third kappa shape index (κ3) is 7.71. The van der Waals surface area contributed by atoms with Gasteiger partial charge >= 0.3 is 0 Å². The maximum absolute atomic E-state index is 13.5. The van der Waals surface area contributed by atoms with Crippen LogP contribution in [0.2, 0.25) is 0 Å². The number of hydrogen-bond acceptors (Lipinski definition) is 2. The van der Waals surface area contributed by atoms with E-state index in [2.05, 4.69) is 17.2 Å². The number of halogens is 3. The Morgan fingerprint density at radius 3 is 2.19 bits per heavy atom. The van der Waals surface area contributed by atoms with E-state index in [0.717, 1.165) is 39.0 Å². The Morgan fingerprint density at radius 1 is 1.03 bits per heavy atom. The van der Waals surface area contributed by atoms with E-state index in [1.165, 1.54) is 24.6 Å². The maximum atomic E-state index is 13.5. The molecule has 0 unspecified atom stereocenters. The number of carbonyl (C=O) groups is 1.